The highest BCUT2D eigenvalue weighted by Gasteiger charge is 2.13. The van der Waals surface area contributed by atoms with E-state index < -0.39 is 0 Å². The predicted octanol–water partition coefficient (Wildman–Crippen LogP) is 4.42. The van der Waals surface area contributed by atoms with E-state index in [4.69, 9.17) is 16.6 Å². The molecular weight excluding hydrogens is 380 g/mol. The van der Waals surface area contributed by atoms with Gasteiger partial charge in [-0.3, -0.25) is 9.69 Å². The third-order valence-corrected chi connectivity index (χ3v) is 5.35. The molecule has 0 saturated carbocycles. The molecule has 27 heavy (non-hydrogen) atoms. The molecule has 0 bridgehead atoms. The van der Waals surface area contributed by atoms with Crippen LogP contribution in [0.15, 0.2) is 35.1 Å². The van der Waals surface area contributed by atoms with E-state index >= 15 is 0 Å². The Bertz CT molecular complexity index is 949. The van der Waals surface area contributed by atoms with E-state index in [1.807, 2.05) is 24.3 Å². The van der Waals surface area contributed by atoms with Crippen molar-refractivity contribution in [3.63, 3.8) is 0 Å². The van der Waals surface area contributed by atoms with Crippen LogP contribution in [0, 0.1) is 5.92 Å². The molecule has 5 nitrogen and oxygen atoms in total. The van der Waals surface area contributed by atoms with Crippen molar-refractivity contribution in [3.8, 4) is 0 Å². The molecule has 2 heterocycles. The Morgan fingerprint density at radius 1 is 1.22 bits per heavy atom. The normalized spacial score (nSPS) is 11.8. The molecule has 7 heteroatoms. The fraction of sp³-hybridized carbons (Fsp3) is 0.450. The summed E-state index contributed by atoms with van der Waals surface area (Å²) in [6.07, 6.45) is 1.88. The molecule has 0 saturated heterocycles. The first kappa shape index (κ1) is 20.0. The highest BCUT2D eigenvalue weighted by molar-refractivity contribution is 7.16. The summed E-state index contributed by atoms with van der Waals surface area (Å²) in [7, 11) is 0. The van der Waals surface area contributed by atoms with Crippen molar-refractivity contribution in [1.82, 2.24) is 19.5 Å². The fourth-order valence-corrected chi connectivity index (χ4v) is 4.22. The monoisotopic (exact) mass is 404 g/mol. The minimum Gasteiger partial charge on any atom is -0.293 e. The molecule has 144 valence electrons. The van der Waals surface area contributed by atoms with E-state index in [0.717, 1.165) is 41.7 Å². The molecule has 2 aromatic heterocycles. The molecule has 0 aliphatic carbocycles. The van der Waals surface area contributed by atoms with Crippen LogP contribution in [0.2, 0.25) is 5.02 Å². The minimum absolute atomic E-state index is 0.107. The summed E-state index contributed by atoms with van der Waals surface area (Å²) < 4.78 is 1.42. The van der Waals surface area contributed by atoms with Gasteiger partial charge in [0.1, 0.15) is 5.01 Å². The van der Waals surface area contributed by atoms with Gasteiger partial charge in [-0.05, 0) is 30.0 Å². The third-order valence-electron chi connectivity index (χ3n) is 4.13. The van der Waals surface area contributed by atoms with E-state index in [0.29, 0.717) is 17.4 Å². The SMILES string of the molecule is CCCc1nn2c(=O)cc(CN(Cc3ccc(Cl)cc3)CC(C)C)nc2s1. The number of aromatic nitrogens is 3. The van der Waals surface area contributed by atoms with Crippen molar-refractivity contribution in [2.45, 2.75) is 46.7 Å². The molecule has 1 aromatic carbocycles. The van der Waals surface area contributed by atoms with Crippen LogP contribution < -0.4 is 5.56 Å². The van der Waals surface area contributed by atoms with Gasteiger partial charge in [0.05, 0.1) is 5.69 Å². The number of halogens is 1. The molecule has 0 amide bonds. The van der Waals surface area contributed by atoms with Gasteiger partial charge in [-0.25, -0.2) is 4.98 Å². The highest BCUT2D eigenvalue weighted by atomic mass is 35.5. The number of benzene rings is 1. The maximum absolute atomic E-state index is 12.5. The zero-order chi connectivity index (χ0) is 19.4. The van der Waals surface area contributed by atoms with Crippen LogP contribution in [0.5, 0.6) is 0 Å². The van der Waals surface area contributed by atoms with Crippen molar-refractivity contribution in [1.29, 1.82) is 0 Å². The van der Waals surface area contributed by atoms with E-state index in [2.05, 4.69) is 30.8 Å². The Morgan fingerprint density at radius 2 is 1.96 bits per heavy atom. The second-order valence-corrected chi connectivity index (χ2v) is 8.69. The number of fused-ring (bicyclic) bond motifs is 1. The molecule has 0 aliphatic rings. The highest BCUT2D eigenvalue weighted by Crippen LogP contribution is 2.16. The van der Waals surface area contributed by atoms with E-state index in [9.17, 15) is 4.79 Å². The summed E-state index contributed by atoms with van der Waals surface area (Å²) in [4.78, 5) is 20.1. The fourth-order valence-electron chi connectivity index (χ4n) is 3.07. The Labute approximate surface area is 168 Å². The van der Waals surface area contributed by atoms with Crippen LogP contribution >= 0.6 is 22.9 Å². The molecular formula is C20H25ClN4OS. The smallest absolute Gasteiger partial charge is 0.275 e. The number of hydrogen-bond acceptors (Lipinski definition) is 5. The second-order valence-electron chi connectivity index (χ2n) is 7.22. The van der Waals surface area contributed by atoms with Crippen LogP contribution in [0.3, 0.4) is 0 Å². The van der Waals surface area contributed by atoms with Gasteiger partial charge in [0.25, 0.3) is 5.56 Å². The van der Waals surface area contributed by atoms with Gasteiger partial charge in [-0.15, -0.1) is 0 Å². The van der Waals surface area contributed by atoms with Crippen LogP contribution in [-0.4, -0.2) is 26.0 Å². The van der Waals surface area contributed by atoms with Crippen molar-refractivity contribution in [2.24, 2.45) is 5.92 Å². The van der Waals surface area contributed by atoms with Gasteiger partial charge >= 0.3 is 0 Å². The van der Waals surface area contributed by atoms with Crippen molar-refractivity contribution < 1.29 is 0 Å². The number of rotatable bonds is 8. The predicted molar refractivity (Wildman–Crippen MR) is 112 cm³/mol. The van der Waals surface area contributed by atoms with E-state index in [1.54, 1.807) is 6.07 Å². The lowest BCUT2D eigenvalue weighted by Gasteiger charge is -2.24. The van der Waals surface area contributed by atoms with Gasteiger partial charge in [0.15, 0.2) is 0 Å². The van der Waals surface area contributed by atoms with E-state index in [1.165, 1.54) is 21.4 Å². The average molecular weight is 405 g/mol. The molecule has 0 atom stereocenters. The Kier molecular flexibility index (Phi) is 6.63. The Morgan fingerprint density at radius 3 is 2.63 bits per heavy atom. The van der Waals surface area contributed by atoms with Crippen LogP contribution in [0.4, 0.5) is 0 Å². The average Bonchev–Trinajstić information content (AvgIpc) is 3.00. The van der Waals surface area contributed by atoms with Crippen LogP contribution in [0.1, 0.15) is 43.5 Å². The lowest BCUT2D eigenvalue weighted by Crippen LogP contribution is -2.28. The summed E-state index contributed by atoms with van der Waals surface area (Å²) in [6.45, 7) is 8.84. The van der Waals surface area contributed by atoms with Crippen LogP contribution in [-0.2, 0) is 19.5 Å². The maximum Gasteiger partial charge on any atom is 0.275 e. The minimum atomic E-state index is -0.107. The first-order valence-corrected chi connectivity index (χ1v) is 10.5. The summed E-state index contributed by atoms with van der Waals surface area (Å²) in [5, 5.41) is 6.08. The summed E-state index contributed by atoms with van der Waals surface area (Å²) >= 11 is 7.50. The topological polar surface area (TPSA) is 50.5 Å². The quantitative estimate of drug-likeness (QED) is 0.557. The Balaban J connectivity index is 1.83. The Hall–Kier alpha value is -1.76. The summed E-state index contributed by atoms with van der Waals surface area (Å²) in [5.74, 6) is 0.515. The van der Waals surface area contributed by atoms with Crippen molar-refractivity contribution in [3.05, 3.63) is 62.0 Å². The zero-order valence-electron chi connectivity index (χ0n) is 16.0. The molecule has 3 aromatic rings. The number of hydrogen-bond donors (Lipinski definition) is 0. The number of aryl methyl sites for hydroxylation is 1. The van der Waals surface area contributed by atoms with Gasteiger partial charge < -0.3 is 0 Å². The second kappa shape index (κ2) is 8.95. The first-order chi connectivity index (χ1) is 12.9. The first-order valence-electron chi connectivity index (χ1n) is 9.30. The third kappa shape index (κ3) is 5.37. The number of nitrogens with zero attached hydrogens (tertiary/aromatic N) is 4. The largest absolute Gasteiger partial charge is 0.293 e. The van der Waals surface area contributed by atoms with Crippen LogP contribution in [0.25, 0.3) is 4.96 Å². The summed E-state index contributed by atoms with van der Waals surface area (Å²) in [5.41, 5.74) is 1.88. The standard InChI is InChI=1S/C20H25ClN4OS/c1-4-5-18-23-25-19(26)10-17(22-20(25)27-18)13-24(11-14(2)3)12-15-6-8-16(21)9-7-15/h6-10,14H,4-5,11-13H2,1-3H3. The van der Waals surface area contributed by atoms with Gasteiger partial charge in [0, 0.05) is 37.1 Å². The molecule has 0 N–H and O–H groups in total. The molecule has 0 fully saturated rings. The zero-order valence-corrected chi connectivity index (χ0v) is 17.6. The van der Waals surface area contributed by atoms with Crippen molar-refractivity contribution in [2.75, 3.05) is 6.54 Å². The lowest BCUT2D eigenvalue weighted by atomic mass is 10.1. The molecule has 0 radical (unpaired) electrons. The van der Waals surface area contributed by atoms with E-state index in [-0.39, 0.29) is 5.56 Å². The van der Waals surface area contributed by atoms with Crippen molar-refractivity contribution >= 4 is 27.9 Å². The molecule has 0 unspecified atom stereocenters. The van der Waals surface area contributed by atoms with Gasteiger partial charge in [-0.2, -0.15) is 9.61 Å². The van der Waals surface area contributed by atoms with Gasteiger partial charge in [0.2, 0.25) is 4.96 Å². The molecule has 0 aliphatic heterocycles. The molecule has 0 spiro atoms. The molecule has 3 rings (SSSR count). The maximum atomic E-state index is 12.5. The lowest BCUT2D eigenvalue weighted by molar-refractivity contribution is 0.225. The van der Waals surface area contributed by atoms with Gasteiger partial charge in [-0.1, -0.05) is 55.8 Å². The summed E-state index contributed by atoms with van der Waals surface area (Å²) in [6, 6.07) is 9.52.